The van der Waals surface area contributed by atoms with E-state index < -0.39 is 0 Å². The van der Waals surface area contributed by atoms with Gasteiger partial charge in [-0.2, -0.15) is 0 Å². The molecule has 2 aromatic rings. The first kappa shape index (κ1) is 15.1. The molecular weight excluding hydrogens is 264 g/mol. The molecule has 0 saturated heterocycles. The van der Waals surface area contributed by atoms with Crippen molar-refractivity contribution in [2.24, 2.45) is 0 Å². The lowest BCUT2D eigenvalue weighted by molar-refractivity contribution is 1.02. The Hall–Kier alpha value is -1.82. The molecule has 0 radical (unpaired) electrons. The molecule has 0 bridgehead atoms. The minimum absolute atomic E-state index is 1.14. The molecular formula is C22H26. The quantitative estimate of drug-likeness (QED) is 0.613. The summed E-state index contributed by atoms with van der Waals surface area (Å²) in [4.78, 5) is 0. The molecule has 2 aromatic carbocycles. The topological polar surface area (TPSA) is 0 Å². The molecule has 22 heavy (non-hydrogen) atoms. The minimum Gasteiger partial charge on any atom is -0.0654 e. The fraction of sp³-hybridized carbons (Fsp3) is 0.364. The standard InChI is InChI=1S/C22H26/c1-7-18-11-20-16(5)15(4)17(6)22(21(20)12-18)19-9-13(2)8-14(3)10-19/h8-10,12H,7,11H2,1-6H3. The molecule has 0 aromatic heterocycles. The molecule has 114 valence electrons. The van der Waals surface area contributed by atoms with E-state index >= 15 is 0 Å². The molecule has 0 saturated carbocycles. The second-order valence-corrected chi connectivity index (χ2v) is 6.85. The summed E-state index contributed by atoms with van der Waals surface area (Å²) in [5, 5.41) is 0. The highest BCUT2D eigenvalue weighted by Crippen LogP contribution is 2.41. The predicted octanol–water partition coefficient (Wildman–Crippen LogP) is 6.25. The third-order valence-electron chi connectivity index (χ3n) is 5.26. The summed E-state index contributed by atoms with van der Waals surface area (Å²) in [7, 11) is 0. The summed E-state index contributed by atoms with van der Waals surface area (Å²) in [5.41, 5.74) is 14.5. The van der Waals surface area contributed by atoms with Crippen molar-refractivity contribution in [2.75, 3.05) is 0 Å². The van der Waals surface area contributed by atoms with Crippen LogP contribution in [0.2, 0.25) is 0 Å². The third kappa shape index (κ3) is 2.31. The lowest BCUT2D eigenvalue weighted by Gasteiger charge is -2.19. The van der Waals surface area contributed by atoms with E-state index in [1.54, 1.807) is 11.1 Å². The van der Waals surface area contributed by atoms with Crippen molar-refractivity contribution < 1.29 is 0 Å². The monoisotopic (exact) mass is 290 g/mol. The molecule has 0 N–H and O–H groups in total. The van der Waals surface area contributed by atoms with Gasteiger partial charge in [-0.25, -0.2) is 0 Å². The predicted molar refractivity (Wildman–Crippen MR) is 97.5 cm³/mol. The largest absolute Gasteiger partial charge is 0.0654 e. The van der Waals surface area contributed by atoms with Crippen LogP contribution in [0.25, 0.3) is 17.2 Å². The molecule has 3 rings (SSSR count). The highest BCUT2D eigenvalue weighted by molar-refractivity contribution is 5.85. The number of benzene rings is 2. The van der Waals surface area contributed by atoms with Crippen LogP contribution in [0.3, 0.4) is 0 Å². The Balaban J connectivity index is 2.34. The van der Waals surface area contributed by atoms with Crippen molar-refractivity contribution in [3.63, 3.8) is 0 Å². The van der Waals surface area contributed by atoms with Crippen LogP contribution < -0.4 is 0 Å². The molecule has 0 unspecified atom stereocenters. The van der Waals surface area contributed by atoms with Crippen molar-refractivity contribution in [3.8, 4) is 11.1 Å². The van der Waals surface area contributed by atoms with Gasteiger partial charge in [-0.3, -0.25) is 0 Å². The zero-order valence-electron chi connectivity index (χ0n) is 14.7. The maximum absolute atomic E-state index is 2.45. The molecule has 0 amide bonds. The second-order valence-electron chi connectivity index (χ2n) is 6.85. The molecule has 1 aliphatic rings. The fourth-order valence-corrected chi connectivity index (χ4v) is 3.84. The molecule has 0 fully saturated rings. The number of hydrogen-bond donors (Lipinski definition) is 0. The summed E-state index contributed by atoms with van der Waals surface area (Å²) in [6.45, 7) is 13.5. The van der Waals surface area contributed by atoms with Crippen LogP contribution in [0.4, 0.5) is 0 Å². The highest BCUT2D eigenvalue weighted by Gasteiger charge is 2.22. The second kappa shape index (κ2) is 5.43. The van der Waals surface area contributed by atoms with Crippen LogP contribution in [0.1, 0.15) is 52.3 Å². The number of allylic oxidation sites excluding steroid dienone is 1. The smallest absolute Gasteiger partial charge is 0.00550 e. The Morgan fingerprint density at radius 2 is 1.45 bits per heavy atom. The van der Waals surface area contributed by atoms with Gasteiger partial charge in [0.2, 0.25) is 0 Å². The first-order chi connectivity index (χ1) is 10.4. The van der Waals surface area contributed by atoms with E-state index in [-0.39, 0.29) is 0 Å². The Labute approximate surface area is 134 Å². The van der Waals surface area contributed by atoms with E-state index in [0.717, 1.165) is 12.8 Å². The first-order valence-corrected chi connectivity index (χ1v) is 8.33. The van der Waals surface area contributed by atoms with Gasteiger partial charge in [0.25, 0.3) is 0 Å². The van der Waals surface area contributed by atoms with E-state index in [2.05, 4.69) is 65.8 Å². The number of rotatable bonds is 2. The zero-order chi connectivity index (χ0) is 16.0. The van der Waals surface area contributed by atoms with Gasteiger partial charge in [0.05, 0.1) is 0 Å². The first-order valence-electron chi connectivity index (χ1n) is 8.33. The average molecular weight is 290 g/mol. The van der Waals surface area contributed by atoms with Gasteiger partial charge in [-0.05, 0) is 86.4 Å². The maximum atomic E-state index is 2.45. The summed E-state index contributed by atoms with van der Waals surface area (Å²) >= 11 is 0. The summed E-state index contributed by atoms with van der Waals surface area (Å²) in [6, 6.07) is 6.93. The summed E-state index contributed by atoms with van der Waals surface area (Å²) < 4.78 is 0. The SMILES string of the molecule is CCC1=Cc2c(c(C)c(C)c(C)c2-c2cc(C)cc(C)c2)C1. The zero-order valence-corrected chi connectivity index (χ0v) is 14.7. The van der Waals surface area contributed by atoms with Gasteiger partial charge < -0.3 is 0 Å². The lowest BCUT2D eigenvalue weighted by atomic mass is 9.85. The van der Waals surface area contributed by atoms with Gasteiger partial charge in [0, 0.05) is 0 Å². The molecule has 0 nitrogen and oxygen atoms in total. The van der Waals surface area contributed by atoms with Crippen molar-refractivity contribution in [2.45, 2.75) is 54.4 Å². The van der Waals surface area contributed by atoms with Crippen LogP contribution in [0, 0.1) is 34.6 Å². The number of aryl methyl sites for hydroxylation is 2. The van der Waals surface area contributed by atoms with Gasteiger partial charge in [0.15, 0.2) is 0 Å². The lowest BCUT2D eigenvalue weighted by Crippen LogP contribution is -2.00. The number of hydrogen-bond acceptors (Lipinski definition) is 0. The van der Waals surface area contributed by atoms with E-state index in [1.165, 1.54) is 44.5 Å². The van der Waals surface area contributed by atoms with Crippen LogP contribution in [0.5, 0.6) is 0 Å². The number of fused-ring (bicyclic) bond motifs is 1. The molecule has 0 aliphatic heterocycles. The van der Waals surface area contributed by atoms with Gasteiger partial charge in [-0.15, -0.1) is 0 Å². The summed E-state index contributed by atoms with van der Waals surface area (Å²) in [6.07, 6.45) is 4.73. The van der Waals surface area contributed by atoms with Crippen LogP contribution >= 0.6 is 0 Å². The molecule has 0 atom stereocenters. The van der Waals surface area contributed by atoms with Gasteiger partial charge in [-0.1, -0.05) is 47.9 Å². The Morgan fingerprint density at radius 1 is 0.818 bits per heavy atom. The van der Waals surface area contributed by atoms with Gasteiger partial charge in [0.1, 0.15) is 0 Å². The molecule has 0 spiro atoms. The van der Waals surface area contributed by atoms with E-state index in [9.17, 15) is 0 Å². The van der Waals surface area contributed by atoms with Crippen LogP contribution in [-0.2, 0) is 6.42 Å². The molecule has 1 aliphatic carbocycles. The Kier molecular flexibility index (Phi) is 3.72. The van der Waals surface area contributed by atoms with Crippen molar-refractivity contribution in [1.29, 1.82) is 0 Å². The van der Waals surface area contributed by atoms with Crippen molar-refractivity contribution in [1.82, 2.24) is 0 Å². The van der Waals surface area contributed by atoms with Crippen molar-refractivity contribution in [3.05, 3.63) is 62.7 Å². The van der Waals surface area contributed by atoms with Gasteiger partial charge >= 0.3 is 0 Å². The Morgan fingerprint density at radius 3 is 2.05 bits per heavy atom. The third-order valence-corrected chi connectivity index (χ3v) is 5.26. The van der Waals surface area contributed by atoms with Crippen LogP contribution in [-0.4, -0.2) is 0 Å². The molecule has 0 heteroatoms. The minimum atomic E-state index is 1.14. The van der Waals surface area contributed by atoms with E-state index in [0.29, 0.717) is 0 Å². The summed E-state index contributed by atoms with van der Waals surface area (Å²) in [5.74, 6) is 0. The van der Waals surface area contributed by atoms with Crippen LogP contribution in [0.15, 0.2) is 23.8 Å². The average Bonchev–Trinajstić information content (AvgIpc) is 2.88. The highest BCUT2D eigenvalue weighted by atomic mass is 14.3. The molecule has 0 heterocycles. The normalized spacial score (nSPS) is 13.3. The van der Waals surface area contributed by atoms with Crippen molar-refractivity contribution >= 4 is 6.08 Å². The maximum Gasteiger partial charge on any atom is -0.00550 e. The van der Waals surface area contributed by atoms with E-state index in [4.69, 9.17) is 0 Å². The van der Waals surface area contributed by atoms with E-state index in [1.807, 2.05) is 0 Å². The Bertz CT molecular complexity index is 768. The fourth-order valence-electron chi connectivity index (χ4n) is 3.84.